The van der Waals surface area contributed by atoms with Gasteiger partial charge < -0.3 is 9.80 Å². The van der Waals surface area contributed by atoms with Crippen molar-refractivity contribution in [1.82, 2.24) is 15.0 Å². The molecule has 7 rings (SSSR count). The van der Waals surface area contributed by atoms with E-state index in [-0.39, 0.29) is 0 Å². The van der Waals surface area contributed by atoms with Gasteiger partial charge in [0.25, 0.3) is 0 Å². The Bertz CT molecular complexity index is 2470. The Morgan fingerprint density at radius 3 is 1.00 bits per heavy atom. The van der Waals surface area contributed by atoms with E-state index in [1.165, 1.54) is 66.8 Å². The second-order valence-corrected chi connectivity index (χ2v) is 16.6. The maximum Gasteiger partial charge on any atom is 0.163 e. The summed E-state index contributed by atoms with van der Waals surface area (Å²) < 4.78 is 0. The summed E-state index contributed by atoms with van der Waals surface area (Å²) in [4.78, 5) is 19.4. The summed E-state index contributed by atoms with van der Waals surface area (Å²) in [6.07, 6.45) is 1.67. The first-order valence-electron chi connectivity index (χ1n) is 20.3. The van der Waals surface area contributed by atoms with Crippen molar-refractivity contribution in [2.75, 3.05) is 23.9 Å². The van der Waals surface area contributed by atoms with Gasteiger partial charge in [-0.3, -0.25) is 0 Å². The van der Waals surface area contributed by atoms with E-state index in [1.54, 1.807) is 6.33 Å². The molecule has 0 unspecified atom stereocenters. The average molecular weight is 764 g/mol. The molecule has 0 bridgehead atoms. The van der Waals surface area contributed by atoms with Crippen LogP contribution < -0.4 is 9.80 Å². The summed E-state index contributed by atoms with van der Waals surface area (Å²) in [5, 5.41) is 0. The van der Waals surface area contributed by atoms with Crippen LogP contribution in [0.4, 0.5) is 22.7 Å². The molecule has 0 amide bonds. The molecule has 0 saturated carbocycles. The number of nitrogens with zero attached hydrogens (tertiary/aromatic N) is 5. The molecule has 0 radical (unpaired) electrons. The van der Waals surface area contributed by atoms with E-state index in [9.17, 15) is 0 Å². The minimum absolute atomic E-state index is 0.682. The number of aromatic nitrogens is 3. The first-order chi connectivity index (χ1) is 27.5. The Labute approximate surface area is 346 Å². The van der Waals surface area contributed by atoms with Gasteiger partial charge in [0.2, 0.25) is 0 Å². The van der Waals surface area contributed by atoms with Crippen molar-refractivity contribution < 1.29 is 0 Å². The molecule has 0 N–H and O–H groups in total. The highest BCUT2D eigenvalue weighted by atomic mass is 15.1. The van der Waals surface area contributed by atoms with Crippen molar-refractivity contribution in [3.05, 3.63) is 158 Å². The molecule has 294 valence electrons. The van der Waals surface area contributed by atoms with Crippen LogP contribution in [0.1, 0.15) is 66.8 Å². The summed E-state index contributed by atoms with van der Waals surface area (Å²) in [7, 11) is 4.31. The minimum Gasteiger partial charge on any atom is -0.344 e. The fraction of sp³-hybridized carbons (Fsp3) is 0.264. The fourth-order valence-electron chi connectivity index (χ4n) is 9.84. The maximum atomic E-state index is 5.24. The van der Waals surface area contributed by atoms with Gasteiger partial charge >= 0.3 is 0 Å². The Kier molecular flexibility index (Phi) is 10.9. The van der Waals surface area contributed by atoms with Gasteiger partial charge in [0.1, 0.15) is 6.33 Å². The van der Waals surface area contributed by atoms with Gasteiger partial charge in [-0.15, -0.1) is 0 Å². The topological polar surface area (TPSA) is 45.2 Å². The second kappa shape index (κ2) is 15.7. The minimum atomic E-state index is 0.682. The Balaban J connectivity index is 1.23. The van der Waals surface area contributed by atoms with E-state index >= 15 is 0 Å². The number of aryl methyl sites for hydroxylation is 10. The molecule has 0 spiro atoms. The van der Waals surface area contributed by atoms with E-state index in [0.717, 1.165) is 56.1 Å². The van der Waals surface area contributed by atoms with E-state index in [2.05, 4.69) is 192 Å². The molecular formula is C53H57N5. The molecule has 1 aromatic heterocycles. The lowest BCUT2D eigenvalue weighted by Gasteiger charge is -2.27. The molecule has 0 aliphatic heterocycles. The molecule has 0 saturated heterocycles. The van der Waals surface area contributed by atoms with Crippen molar-refractivity contribution in [2.45, 2.75) is 83.1 Å². The fourth-order valence-corrected chi connectivity index (χ4v) is 9.84. The van der Waals surface area contributed by atoms with Crippen molar-refractivity contribution in [3.63, 3.8) is 0 Å². The molecule has 0 fully saturated rings. The van der Waals surface area contributed by atoms with Gasteiger partial charge in [-0.2, -0.15) is 0 Å². The number of rotatable bonds is 8. The molecular weight excluding hydrogens is 707 g/mol. The average Bonchev–Trinajstić information content (AvgIpc) is 3.14. The third kappa shape index (κ3) is 7.30. The van der Waals surface area contributed by atoms with Crippen molar-refractivity contribution in [2.24, 2.45) is 0 Å². The van der Waals surface area contributed by atoms with Crippen LogP contribution in [0.25, 0.3) is 45.0 Å². The van der Waals surface area contributed by atoms with Crippen molar-refractivity contribution in [3.8, 4) is 45.0 Å². The van der Waals surface area contributed by atoms with Crippen LogP contribution in [0, 0.1) is 83.1 Å². The third-order valence-electron chi connectivity index (χ3n) is 12.0. The first kappa shape index (κ1) is 40.1. The Morgan fingerprint density at radius 2 is 0.672 bits per heavy atom. The van der Waals surface area contributed by atoms with Crippen LogP contribution >= 0.6 is 0 Å². The zero-order valence-electron chi connectivity index (χ0n) is 36.9. The van der Waals surface area contributed by atoms with Crippen LogP contribution in [0.15, 0.2) is 91.3 Å². The Morgan fingerprint density at radius 1 is 0.362 bits per heavy atom. The van der Waals surface area contributed by atoms with Crippen LogP contribution in [0.2, 0.25) is 0 Å². The van der Waals surface area contributed by atoms with Crippen molar-refractivity contribution in [1.29, 1.82) is 0 Å². The molecule has 0 atom stereocenters. The number of hydrogen-bond donors (Lipinski definition) is 0. The molecule has 7 aromatic rings. The summed E-state index contributed by atoms with van der Waals surface area (Å²) in [5.74, 6) is 1.36. The lowest BCUT2D eigenvalue weighted by Crippen LogP contribution is -2.14. The summed E-state index contributed by atoms with van der Waals surface area (Å²) in [6.45, 7) is 26.2. The number of anilines is 4. The van der Waals surface area contributed by atoms with E-state index in [1.807, 2.05) is 0 Å². The molecule has 0 aliphatic rings. The first-order valence-corrected chi connectivity index (χ1v) is 20.3. The van der Waals surface area contributed by atoms with Gasteiger partial charge in [0, 0.05) is 48.0 Å². The number of hydrogen-bond acceptors (Lipinski definition) is 5. The van der Waals surface area contributed by atoms with Gasteiger partial charge in [-0.25, -0.2) is 15.0 Å². The van der Waals surface area contributed by atoms with Gasteiger partial charge in [0.05, 0.1) is 0 Å². The Hall–Kier alpha value is -6.07. The van der Waals surface area contributed by atoms with Crippen LogP contribution in [-0.2, 0) is 0 Å². The van der Waals surface area contributed by atoms with E-state index in [4.69, 9.17) is 15.0 Å². The lowest BCUT2D eigenvalue weighted by atomic mass is 9.93. The molecule has 58 heavy (non-hydrogen) atoms. The van der Waals surface area contributed by atoms with E-state index < -0.39 is 0 Å². The van der Waals surface area contributed by atoms with Crippen LogP contribution in [-0.4, -0.2) is 29.0 Å². The molecule has 5 nitrogen and oxygen atoms in total. The van der Waals surface area contributed by atoms with Crippen molar-refractivity contribution >= 4 is 22.7 Å². The van der Waals surface area contributed by atoms with E-state index in [0.29, 0.717) is 11.6 Å². The highest BCUT2D eigenvalue weighted by Crippen LogP contribution is 2.41. The maximum absolute atomic E-state index is 5.24. The largest absolute Gasteiger partial charge is 0.344 e. The molecule has 1 heterocycles. The highest BCUT2D eigenvalue weighted by Gasteiger charge is 2.23. The highest BCUT2D eigenvalue weighted by molar-refractivity contribution is 5.83. The van der Waals surface area contributed by atoms with Gasteiger partial charge in [0.15, 0.2) is 11.6 Å². The molecule has 0 aliphatic carbocycles. The smallest absolute Gasteiger partial charge is 0.163 e. The normalized spacial score (nSPS) is 11.3. The summed E-state index contributed by atoms with van der Waals surface area (Å²) in [5.41, 5.74) is 26.5. The summed E-state index contributed by atoms with van der Waals surface area (Å²) in [6, 6.07) is 31.5. The van der Waals surface area contributed by atoms with Gasteiger partial charge in [-0.1, -0.05) is 71.8 Å². The zero-order valence-corrected chi connectivity index (χ0v) is 36.9. The zero-order chi connectivity index (χ0) is 41.7. The number of benzene rings is 6. The third-order valence-corrected chi connectivity index (χ3v) is 12.0. The standard InChI is InChI=1S/C53H57N5/c1-30-23-32(3)46(33(4)24-30)42-15-19-44(20-16-42)57(13)50-38(9)27-36(7)48(40(50)11)52-54-29-55-53(56-52)49-37(8)28-39(10)51(41(49)12)58(14)45-21-17-43(18-22-45)47-34(5)25-31(2)26-35(47)6/h15-29H,1-14H3. The molecule has 6 aromatic carbocycles. The molecule has 5 heteroatoms. The predicted molar refractivity (Wildman–Crippen MR) is 247 cm³/mol. The second-order valence-electron chi connectivity index (χ2n) is 16.6. The predicted octanol–water partition coefficient (Wildman–Crippen LogP) is 13.8. The van der Waals surface area contributed by atoms with Gasteiger partial charge in [-0.05, 0) is 185 Å². The quantitative estimate of drug-likeness (QED) is 0.154. The van der Waals surface area contributed by atoms with Crippen LogP contribution in [0.5, 0.6) is 0 Å². The van der Waals surface area contributed by atoms with Crippen LogP contribution in [0.3, 0.4) is 0 Å². The monoisotopic (exact) mass is 763 g/mol. The lowest BCUT2D eigenvalue weighted by molar-refractivity contribution is 1.04. The summed E-state index contributed by atoms with van der Waals surface area (Å²) >= 11 is 0. The SMILES string of the molecule is Cc1cc(C)c(-c2ccc(N(C)c3c(C)cc(C)c(-c4ncnc(-c5c(C)cc(C)c(N(C)c6ccc(-c7c(C)cc(C)cc7C)cc6)c5C)n4)c3C)cc2)c(C)c1.